The molecule has 5 heteroatoms. The molecule has 1 aliphatic rings. The summed E-state index contributed by atoms with van der Waals surface area (Å²) >= 11 is 0. The van der Waals surface area contributed by atoms with Gasteiger partial charge in [-0.2, -0.15) is 0 Å². The molecular formula is C26H42O5. The number of hydrogen-bond acceptors (Lipinski definition) is 5. The standard InChI is InChI=1S/C26H42O5/c1-18(2)12-10-13-19(3)14-11-15-20(4)16-17-22-21(5)26(30-8,31-9)25(29-7)24(28-6)23(22)27/h12,14,16,21-22H,10-11,13,15,17H2,1-9H3. The molecule has 0 aromatic heterocycles. The molecule has 0 saturated carbocycles. The molecule has 31 heavy (non-hydrogen) atoms. The zero-order chi connectivity index (χ0) is 23.6. The van der Waals surface area contributed by atoms with Gasteiger partial charge in [-0.15, -0.1) is 0 Å². The molecule has 0 fully saturated rings. The Labute approximate surface area is 189 Å². The molecule has 0 bridgehead atoms. The number of allylic oxidation sites excluding steroid dienone is 7. The smallest absolute Gasteiger partial charge is 0.234 e. The van der Waals surface area contributed by atoms with Crippen molar-refractivity contribution >= 4 is 5.78 Å². The van der Waals surface area contributed by atoms with E-state index >= 15 is 0 Å². The molecule has 0 amide bonds. The summed E-state index contributed by atoms with van der Waals surface area (Å²) in [5, 5.41) is 0. The van der Waals surface area contributed by atoms with Crippen molar-refractivity contribution in [2.45, 2.75) is 72.5 Å². The molecule has 176 valence electrons. The number of ketones is 1. The lowest BCUT2D eigenvalue weighted by molar-refractivity contribution is -0.244. The maximum Gasteiger partial charge on any atom is 0.234 e. The van der Waals surface area contributed by atoms with E-state index in [4.69, 9.17) is 18.9 Å². The highest BCUT2D eigenvalue weighted by atomic mass is 16.7. The highest BCUT2D eigenvalue weighted by Crippen LogP contribution is 2.44. The summed E-state index contributed by atoms with van der Waals surface area (Å²) in [5.74, 6) is -1.30. The maximum atomic E-state index is 13.1. The summed E-state index contributed by atoms with van der Waals surface area (Å²) in [6.07, 6.45) is 11.6. The topological polar surface area (TPSA) is 54.0 Å². The Morgan fingerprint density at radius 2 is 1.42 bits per heavy atom. The fourth-order valence-corrected chi connectivity index (χ4v) is 4.18. The Bertz CT molecular complexity index is 718. The average Bonchev–Trinajstić information content (AvgIpc) is 2.73. The Kier molecular flexibility index (Phi) is 11.3. The van der Waals surface area contributed by atoms with Gasteiger partial charge in [0.15, 0.2) is 0 Å². The minimum absolute atomic E-state index is 0.0735. The van der Waals surface area contributed by atoms with E-state index in [1.54, 1.807) is 14.2 Å². The van der Waals surface area contributed by atoms with Crippen LogP contribution in [0.2, 0.25) is 0 Å². The summed E-state index contributed by atoms with van der Waals surface area (Å²) < 4.78 is 22.3. The van der Waals surface area contributed by atoms with Crippen LogP contribution in [-0.4, -0.2) is 40.0 Å². The van der Waals surface area contributed by atoms with Crippen molar-refractivity contribution in [3.8, 4) is 0 Å². The predicted octanol–water partition coefficient (Wildman–Crippen LogP) is 6.12. The largest absolute Gasteiger partial charge is 0.492 e. The van der Waals surface area contributed by atoms with Gasteiger partial charge in [0, 0.05) is 26.1 Å². The molecule has 0 radical (unpaired) electrons. The lowest BCUT2D eigenvalue weighted by Crippen LogP contribution is -2.52. The molecule has 1 rings (SSSR count). The zero-order valence-electron chi connectivity index (χ0n) is 21.0. The average molecular weight is 435 g/mol. The van der Waals surface area contributed by atoms with E-state index in [1.165, 1.54) is 30.9 Å². The Morgan fingerprint density at radius 3 is 1.90 bits per heavy atom. The van der Waals surface area contributed by atoms with Crippen LogP contribution in [0.3, 0.4) is 0 Å². The van der Waals surface area contributed by atoms with Crippen molar-refractivity contribution in [2.75, 3.05) is 28.4 Å². The van der Waals surface area contributed by atoms with Gasteiger partial charge < -0.3 is 18.9 Å². The van der Waals surface area contributed by atoms with Crippen LogP contribution in [0.4, 0.5) is 0 Å². The number of hydrogen-bond donors (Lipinski definition) is 0. The monoisotopic (exact) mass is 434 g/mol. The van der Waals surface area contributed by atoms with Gasteiger partial charge in [-0.25, -0.2) is 0 Å². The quantitative estimate of drug-likeness (QED) is 0.273. The van der Waals surface area contributed by atoms with Crippen LogP contribution < -0.4 is 0 Å². The fraction of sp³-hybridized carbons (Fsp3) is 0.654. The molecule has 0 heterocycles. The third kappa shape index (κ3) is 6.81. The Hall–Kier alpha value is -1.85. The summed E-state index contributed by atoms with van der Waals surface area (Å²) in [6.45, 7) is 10.5. The summed E-state index contributed by atoms with van der Waals surface area (Å²) in [7, 11) is 6.10. The van der Waals surface area contributed by atoms with Crippen molar-refractivity contribution in [2.24, 2.45) is 11.8 Å². The molecule has 0 N–H and O–H groups in total. The molecule has 0 spiro atoms. The fourth-order valence-electron chi connectivity index (χ4n) is 4.18. The van der Waals surface area contributed by atoms with Crippen molar-refractivity contribution < 1.29 is 23.7 Å². The number of carbonyl (C=O) groups excluding carboxylic acids is 1. The van der Waals surface area contributed by atoms with E-state index in [2.05, 4.69) is 45.9 Å². The second-order valence-corrected chi connectivity index (χ2v) is 8.60. The second-order valence-electron chi connectivity index (χ2n) is 8.60. The molecular weight excluding hydrogens is 392 g/mol. The molecule has 1 aliphatic carbocycles. The number of carbonyl (C=O) groups is 1. The van der Waals surface area contributed by atoms with Crippen LogP contribution in [0.1, 0.15) is 66.7 Å². The SMILES string of the molecule is COC1=C(OC)C(OC)(OC)C(C)C(CC=C(C)CCC=C(C)CCC=C(C)C)C1=O. The summed E-state index contributed by atoms with van der Waals surface area (Å²) in [6, 6.07) is 0. The number of ether oxygens (including phenoxy) is 4. The van der Waals surface area contributed by atoms with Crippen LogP contribution >= 0.6 is 0 Å². The minimum Gasteiger partial charge on any atom is -0.492 e. The zero-order valence-corrected chi connectivity index (χ0v) is 21.0. The highest BCUT2D eigenvalue weighted by molar-refractivity contribution is 5.97. The van der Waals surface area contributed by atoms with Crippen molar-refractivity contribution in [3.05, 3.63) is 46.5 Å². The third-order valence-corrected chi connectivity index (χ3v) is 6.14. The van der Waals surface area contributed by atoms with Gasteiger partial charge >= 0.3 is 0 Å². The van der Waals surface area contributed by atoms with Crippen molar-refractivity contribution in [1.82, 2.24) is 0 Å². The van der Waals surface area contributed by atoms with Gasteiger partial charge in [0.2, 0.25) is 23.1 Å². The second kappa shape index (κ2) is 12.9. The maximum absolute atomic E-state index is 13.1. The van der Waals surface area contributed by atoms with Gasteiger partial charge in [-0.3, -0.25) is 4.79 Å². The summed E-state index contributed by atoms with van der Waals surface area (Å²) in [5.41, 5.74) is 4.07. The number of rotatable bonds is 12. The lowest BCUT2D eigenvalue weighted by atomic mass is 9.75. The van der Waals surface area contributed by atoms with Gasteiger partial charge in [0.05, 0.1) is 14.2 Å². The third-order valence-electron chi connectivity index (χ3n) is 6.14. The van der Waals surface area contributed by atoms with Gasteiger partial charge in [0.1, 0.15) is 0 Å². The van der Waals surface area contributed by atoms with Crippen molar-refractivity contribution in [3.63, 3.8) is 0 Å². The Morgan fingerprint density at radius 1 is 0.871 bits per heavy atom. The first-order valence-corrected chi connectivity index (χ1v) is 11.1. The number of Topliss-reactive ketones (excluding diaryl/α,β-unsaturated/α-hetero) is 1. The van der Waals surface area contributed by atoms with Crippen LogP contribution in [-0.2, 0) is 23.7 Å². The first-order chi connectivity index (χ1) is 14.7. The van der Waals surface area contributed by atoms with E-state index in [1.807, 2.05) is 6.92 Å². The van der Waals surface area contributed by atoms with Crippen LogP contribution in [0, 0.1) is 11.8 Å². The minimum atomic E-state index is -1.15. The van der Waals surface area contributed by atoms with E-state index in [9.17, 15) is 4.79 Å². The van der Waals surface area contributed by atoms with E-state index in [0.717, 1.165) is 25.7 Å². The van der Waals surface area contributed by atoms with Crippen LogP contribution in [0.15, 0.2) is 46.5 Å². The van der Waals surface area contributed by atoms with Crippen LogP contribution in [0.5, 0.6) is 0 Å². The molecule has 0 aromatic carbocycles. The molecule has 0 aromatic rings. The predicted molar refractivity (Wildman–Crippen MR) is 125 cm³/mol. The van der Waals surface area contributed by atoms with E-state index in [-0.39, 0.29) is 23.4 Å². The Balaban J connectivity index is 2.87. The molecule has 0 aliphatic heterocycles. The number of methoxy groups -OCH3 is 4. The molecule has 5 nitrogen and oxygen atoms in total. The van der Waals surface area contributed by atoms with Crippen LogP contribution in [0.25, 0.3) is 0 Å². The normalized spacial score (nSPS) is 21.9. The van der Waals surface area contributed by atoms with E-state index in [0.29, 0.717) is 12.2 Å². The molecule has 2 atom stereocenters. The van der Waals surface area contributed by atoms with Gasteiger partial charge in [0.25, 0.3) is 0 Å². The molecule has 2 unspecified atom stereocenters. The van der Waals surface area contributed by atoms with E-state index < -0.39 is 5.79 Å². The summed E-state index contributed by atoms with van der Waals surface area (Å²) in [4.78, 5) is 13.1. The lowest BCUT2D eigenvalue weighted by Gasteiger charge is -2.43. The first kappa shape index (κ1) is 27.2. The highest BCUT2D eigenvalue weighted by Gasteiger charge is 2.54. The first-order valence-electron chi connectivity index (χ1n) is 11.1. The van der Waals surface area contributed by atoms with Gasteiger partial charge in [-0.05, 0) is 59.8 Å². The van der Waals surface area contributed by atoms with Crippen molar-refractivity contribution in [1.29, 1.82) is 0 Å². The molecule has 0 saturated heterocycles. The van der Waals surface area contributed by atoms with Gasteiger partial charge in [-0.1, -0.05) is 41.9 Å².